The molecule has 1 amide bonds. The summed E-state index contributed by atoms with van der Waals surface area (Å²) in [6.07, 6.45) is 9.26. The molecule has 0 spiro atoms. The molecule has 1 saturated carbocycles. The highest BCUT2D eigenvalue weighted by atomic mass is 32.1. The third kappa shape index (κ3) is 5.04. The first-order valence-electron chi connectivity index (χ1n) is 8.01. The van der Waals surface area contributed by atoms with Gasteiger partial charge in [-0.3, -0.25) is 4.79 Å². The van der Waals surface area contributed by atoms with Gasteiger partial charge in [0.05, 0.1) is 6.04 Å². The number of carbonyl (C=O) groups excluding carboxylic acids is 1. The standard InChI is InChI=1S/C15H26N4OS/c1-11(20)17-13(9-5-6-10-16)15-19-18-14(21-15)12-7-3-2-4-8-12/h12-13H,2-10,16H2,1H3,(H,17,20). The van der Waals surface area contributed by atoms with Gasteiger partial charge < -0.3 is 11.1 Å². The zero-order chi connectivity index (χ0) is 15.1. The van der Waals surface area contributed by atoms with Crippen LogP contribution in [0.5, 0.6) is 0 Å². The topological polar surface area (TPSA) is 80.9 Å². The Morgan fingerprint density at radius 2 is 2.10 bits per heavy atom. The molecule has 118 valence electrons. The van der Waals surface area contributed by atoms with Crippen LogP contribution < -0.4 is 11.1 Å². The minimum atomic E-state index is -0.0119. The van der Waals surface area contributed by atoms with Gasteiger partial charge in [0.1, 0.15) is 10.0 Å². The summed E-state index contributed by atoms with van der Waals surface area (Å²) in [5, 5.41) is 13.8. The fraction of sp³-hybridized carbons (Fsp3) is 0.800. The molecule has 0 bridgehead atoms. The average Bonchev–Trinajstić information content (AvgIpc) is 2.97. The minimum Gasteiger partial charge on any atom is -0.347 e. The number of rotatable bonds is 7. The summed E-state index contributed by atoms with van der Waals surface area (Å²) in [6.45, 7) is 2.25. The van der Waals surface area contributed by atoms with Crippen LogP contribution >= 0.6 is 11.3 Å². The molecule has 1 fully saturated rings. The summed E-state index contributed by atoms with van der Waals surface area (Å²) in [5.41, 5.74) is 5.54. The third-order valence-corrected chi connectivity index (χ3v) is 5.23. The zero-order valence-electron chi connectivity index (χ0n) is 12.8. The van der Waals surface area contributed by atoms with E-state index in [2.05, 4.69) is 15.5 Å². The van der Waals surface area contributed by atoms with Crippen LogP contribution in [0.2, 0.25) is 0 Å². The van der Waals surface area contributed by atoms with Crippen LogP contribution in [0.1, 0.15) is 80.3 Å². The van der Waals surface area contributed by atoms with Gasteiger partial charge in [0.15, 0.2) is 0 Å². The quantitative estimate of drug-likeness (QED) is 0.759. The van der Waals surface area contributed by atoms with E-state index in [0.29, 0.717) is 12.5 Å². The van der Waals surface area contributed by atoms with Gasteiger partial charge in [0.2, 0.25) is 5.91 Å². The fourth-order valence-corrected chi connectivity index (χ4v) is 4.00. The Bertz CT molecular complexity index is 443. The second kappa shape index (κ2) is 8.44. The highest BCUT2D eigenvalue weighted by molar-refractivity contribution is 7.11. The summed E-state index contributed by atoms with van der Waals surface area (Å²) in [7, 11) is 0. The molecule has 1 heterocycles. The Labute approximate surface area is 130 Å². The van der Waals surface area contributed by atoms with E-state index in [4.69, 9.17) is 5.73 Å². The van der Waals surface area contributed by atoms with Crippen molar-refractivity contribution in [2.75, 3.05) is 6.54 Å². The molecule has 21 heavy (non-hydrogen) atoms. The maximum absolute atomic E-state index is 11.4. The van der Waals surface area contributed by atoms with Crippen molar-refractivity contribution in [3.8, 4) is 0 Å². The van der Waals surface area contributed by atoms with E-state index < -0.39 is 0 Å². The van der Waals surface area contributed by atoms with Crippen LogP contribution in [0.15, 0.2) is 0 Å². The molecule has 3 N–H and O–H groups in total. The van der Waals surface area contributed by atoms with E-state index in [-0.39, 0.29) is 11.9 Å². The highest BCUT2D eigenvalue weighted by Crippen LogP contribution is 2.35. The van der Waals surface area contributed by atoms with Crippen molar-refractivity contribution < 1.29 is 4.79 Å². The van der Waals surface area contributed by atoms with E-state index in [1.807, 2.05) is 0 Å². The SMILES string of the molecule is CC(=O)NC(CCCCN)c1nnc(C2CCCCC2)s1. The van der Waals surface area contributed by atoms with Gasteiger partial charge in [0, 0.05) is 12.8 Å². The van der Waals surface area contributed by atoms with Crippen LogP contribution in [0, 0.1) is 0 Å². The number of hydrogen-bond donors (Lipinski definition) is 2. The van der Waals surface area contributed by atoms with Gasteiger partial charge in [-0.25, -0.2) is 0 Å². The Balaban J connectivity index is 2.01. The monoisotopic (exact) mass is 310 g/mol. The first kappa shape index (κ1) is 16.4. The molecule has 0 saturated heterocycles. The maximum atomic E-state index is 11.4. The largest absolute Gasteiger partial charge is 0.347 e. The predicted molar refractivity (Wildman–Crippen MR) is 85.2 cm³/mol. The first-order valence-corrected chi connectivity index (χ1v) is 8.83. The summed E-state index contributed by atoms with van der Waals surface area (Å²) in [5.74, 6) is 0.564. The molecule has 1 aromatic rings. The molecule has 5 nitrogen and oxygen atoms in total. The van der Waals surface area contributed by atoms with Crippen LogP contribution in [0.3, 0.4) is 0 Å². The first-order chi connectivity index (χ1) is 10.2. The van der Waals surface area contributed by atoms with Crippen molar-refractivity contribution in [2.24, 2.45) is 5.73 Å². The number of unbranched alkanes of at least 4 members (excludes halogenated alkanes) is 1. The lowest BCUT2D eigenvalue weighted by Crippen LogP contribution is -2.26. The van der Waals surface area contributed by atoms with Crippen molar-refractivity contribution in [2.45, 2.75) is 70.3 Å². The van der Waals surface area contributed by atoms with Crippen LogP contribution in [-0.2, 0) is 4.79 Å². The average molecular weight is 310 g/mol. The molecular weight excluding hydrogens is 284 g/mol. The molecular formula is C15H26N4OS. The van der Waals surface area contributed by atoms with Crippen molar-refractivity contribution in [3.05, 3.63) is 10.0 Å². The maximum Gasteiger partial charge on any atom is 0.217 e. The number of nitrogens with two attached hydrogens (primary N) is 1. The lowest BCUT2D eigenvalue weighted by atomic mass is 9.90. The molecule has 1 unspecified atom stereocenters. The van der Waals surface area contributed by atoms with Crippen molar-refractivity contribution >= 4 is 17.2 Å². The predicted octanol–water partition coefficient (Wildman–Crippen LogP) is 2.89. The summed E-state index contributed by atoms with van der Waals surface area (Å²) in [6, 6.07) is -0.0103. The van der Waals surface area contributed by atoms with E-state index in [1.54, 1.807) is 18.3 Å². The van der Waals surface area contributed by atoms with Crippen LogP contribution in [0.25, 0.3) is 0 Å². The van der Waals surface area contributed by atoms with Crippen molar-refractivity contribution in [1.29, 1.82) is 0 Å². The number of nitrogens with one attached hydrogen (secondary N) is 1. The van der Waals surface area contributed by atoms with Crippen LogP contribution in [-0.4, -0.2) is 22.6 Å². The van der Waals surface area contributed by atoms with Crippen molar-refractivity contribution in [1.82, 2.24) is 15.5 Å². The Kier molecular flexibility index (Phi) is 6.57. The zero-order valence-corrected chi connectivity index (χ0v) is 13.6. The number of hydrogen-bond acceptors (Lipinski definition) is 5. The van der Waals surface area contributed by atoms with Crippen LogP contribution in [0.4, 0.5) is 0 Å². The molecule has 1 aliphatic carbocycles. The number of aromatic nitrogens is 2. The molecule has 0 radical (unpaired) electrons. The van der Waals surface area contributed by atoms with Gasteiger partial charge in [-0.2, -0.15) is 0 Å². The molecule has 2 rings (SSSR count). The molecule has 1 aromatic heterocycles. The third-order valence-electron chi connectivity index (χ3n) is 4.03. The summed E-state index contributed by atoms with van der Waals surface area (Å²) in [4.78, 5) is 11.4. The minimum absolute atomic E-state index is 0.0103. The van der Waals surface area contributed by atoms with E-state index in [0.717, 1.165) is 29.3 Å². The van der Waals surface area contributed by atoms with Crippen molar-refractivity contribution in [3.63, 3.8) is 0 Å². The lowest BCUT2D eigenvalue weighted by Gasteiger charge is -2.18. The molecule has 6 heteroatoms. The van der Waals surface area contributed by atoms with Gasteiger partial charge >= 0.3 is 0 Å². The second-order valence-electron chi connectivity index (χ2n) is 5.85. The molecule has 1 atom stereocenters. The van der Waals surface area contributed by atoms with E-state index in [1.165, 1.54) is 32.1 Å². The lowest BCUT2D eigenvalue weighted by molar-refractivity contribution is -0.119. The summed E-state index contributed by atoms with van der Waals surface area (Å²) >= 11 is 1.68. The Hall–Kier alpha value is -1.01. The number of carbonyl (C=O) groups is 1. The molecule has 0 aliphatic heterocycles. The highest BCUT2D eigenvalue weighted by Gasteiger charge is 2.23. The van der Waals surface area contributed by atoms with Gasteiger partial charge in [-0.1, -0.05) is 30.6 Å². The summed E-state index contributed by atoms with van der Waals surface area (Å²) < 4.78 is 0. The Morgan fingerprint density at radius 1 is 1.33 bits per heavy atom. The fourth-order valence-electron chi connectivity index (χ4n) is 2.90. The smallest absolute Gasteiger partial charge is 0.217 e. The van der Waals surface area contributed by atoms with Gasteiger partial charge in [-0.05, 0) is 38.6 Å². The van der Waals surface area contributed by atoms with E-state index >= 15 is 0 Å². The normalized spacial score (nSPS) is 17.6. The van der Waals surface area contributed by atoms with Gasteiger partial charge in [0.25, 0.3) is 0 Å². The molecule has 0 aromatic carbocycles. The Morgan fingerprint density at radius 3 is 2.76 bits per heavy atom. The van der Waals surface area contributed by atoms with E-state index in [9.17, 15) is 4.79 Å². The van der Waals surface area contributed by atoms with Gasteiger partial charge in [-0.15, -0.1) is 10.2 Å². The number of nitrogens with zero attached hydrogens (tertiary/aromatic N) is 2. The number of amides is 1. The molecule has 1 aliphatic rings. The second-order valence-corrected chi connectivity index (χ2v) is 6.89.